The highest BCUT2D eigenvalue weighted by molar-refractivity contribution is 7.90. The fourth-order valence-electron chi connectivity index (χ4n) is 4.03. The minimum Gasteiger partial charge on any atom is -0.325 e. The standard InChI is InChI=1S/C26H25N6O2S/c1-5-17(4)21-9-8-20(16(2)3)22-12-25(28-14-23(21)22)30-24-10-11-27-26(31-24)18-13-29-32(15-18)35(33,34)19-6-7-19/h1,8-17,19H,4,6-7H2,2-3H3,(H,27,28,30,31). The van der Waals surface area contributed by atoms with Crippen LogP contribution < -0.4 is 5.32 Å². The number of aromatic nitrogens is 5. The van der Waals surface area contributed by atoms with Gasteiger partial charge < -0.3 is 5.32 Å². The molecule has 0 saturated heterocycles. The van der Waals surface area contributed by atoms with Gasteiger partial charge in [0.2, 0.25) is 0 Å². The molecule has 1 radical (unpaired) electrons. The molecular formula is C26H25N6O2S. The number of benzene rings is 1. The molecule has 1 N–H and O–H groups in total. The van der Waals surface area contributed by atoms with E-state index in [-0.39, 0.29) is 11.2 Å². The van der Waals surface area contributed by atoms with E-state index in [2.05, 4.69) is 58.1 Å². The van der Waals surface area contributed by atoms with Gasteiger partial charge in [0.05, 0.1) is 23.2 Å². The van der Waals surface area contributed by atoms with Crippen molar-refractivity contribution in [3.8, 4) is 23.7 Å². The van der Waals surface area contributed by atoms with Gasteiger partial charge in [-0.1, -0.05) is 31.9 Å². The summed E-state index contributed by atoms with van der Waals surface area (Å²) in [4.78, 5) is 13.4. The monoisotopic (exact) mass is 485 g/mol. The van der Waals surface area contributed by atoms with Crippen molar-refractivity contribution in [3.63, 3.8) is 0 Å². The van der Waals surface area contributed by atoms with Gasteiger partial charge in [-0.3, -0.25) is 0 Å². The fraction of sp³-hybridized carbons (Fsp3) is 0.269. The number of rotatable bonds is 7. The zero-order valence-corrected chi connectivity index (χ0v) is 20.3. The Balaban J connectivity index is 1.47. The van der Waals surface area contributed by atoms with Gasteiger partial charge in [0, 0.05) is 23.7 Å². The lowest BCUT2D eigenvalue weighted by Crippen LogP contribution is -2.17. The molecule has 3 heterocycles. The summed E-state index contributed by atoms with van der Waals surface area (Å²) in [7, 11) is -3.45. The van der Waals surface area contributed by atoms with Crippen LogP contribution in [0.5, 0.6) is 0 Å². The molecule has 1 aromatic carbocycles. The molecule has 1 fully saturated rings. The second kappa shape index (κ2) is 8.78. The van der Waals surface area contributed by atoms with Crippen molar-refractivity contribution in [2.75, 3.05) is 5.32 Å². The first kappa shape index (κ1) is 23.0. The van der Waals surface area contributed by atoms with Crippen LogP contribution in [0.3, 0.4) is 0 Å². The Morgan fingerprint density at radius 3 is 2.60 bits per heavy atom. The number of nitrogens with zero attached hydrogens (tertiary/aromatic N) is 5. The molecule has 0 bridgehead atoms. The van der Waals surface area contributed by atoms with Crippen molar-refractivity contribution >= 4 is 32.4 Å². The van der Waals surface area contributed by atoms with Crippen molar-refractivity contribution in [1.29, 1.82) is 0 Å². The topological polar surface area (TPSA) is 103 Å². The molecule has 177 valence electrons. The highest BCUT2D eigenvalue weighted by Crippen LogP contribution is 2.33. The maximum Gasteiger partial charge on any atom is 0.256 e. The number of pyridine rings is 1. The molecule has 4 aromatic rings. The van der Waals surface area contributed by atoms with Crippen LogP contribution in [0, 0.1) is 19.3 Å². The van der Waals surface area contributed by atoms with Gasteiger partial charge in [-0.25, -0.2) is 23.4 Å². The van der Waals surface area contributed by atoms with Crippen LogP contribution in [0.1, 0.15) is 49.7 Å². The van der Waals surface area contributed by atoms with Crippen molar-refractivity contribution in [2.45, 2.75) is 43.8 Å². The summed E-state index contributed by atoms with van der Waals surface area (Å²) in [6.07, 6.45) is 13.3. The first-order valence-electron chi connectivity index (χ1n) is 11.4. The Morgan fingerprint density at radius 2 is 1.89 bits per heavy atom. The number of terminal acetylenes is 1. The summed E-state index contributed by atoms with van der Waals surface area (Å²) in [5.41, 5.74) is 2.67. The molecule has 0 amide bonds. The zero-order valence-electron chi connectivity index (χ0n) is 19.5. The molecule has 3 aromatic heterocycles. The normalized spacial score (nSPS) is 14.7. The van der Waals surface area contributed by atoms with Gasteiger partial charge in [0.1, 0.15) is 11.6 Å². The molecule has 8 nitrogen and oxygen atoms in total. The van der Waals surface area contributed by atoms with Crippen LogP contribution >= 0.6 is 0 Å². The number of anilines is 2. The third-order valence-electron chi connectivity index (χ3n) is 6.10. The lowest BCUT2D eigenvalue weighted by atomic mass is 9.90. The maximum absolute atomic E-state index is 12.4. The molecule has 1 aliphatic carbocycles. The van der Waals surface area contributed by atoms with Crippen molar-refractivity contribution in [2.24, 2.45) is 0 Å². The SMILES string of the molecule is C#CC([CH2])c1ccc(C(C)C)c2cc(Nc3ccnc(-c4cnn(S(=O)(=O)C5CC5)c4)n3)ncc12. The second-order valence-corrected chi connectivity index (χ2v) is 11.0. The van der Waals surface area contributed by atoms with Crippen molar-refractivity contribution in [1.82, 2.24) is 24.1 Å². The minimum absolute atomic E-state index is 0.270. The Morgan fingerprint density at radius 1 is 1.11 bits per heavy atom. The van der Waals surface area contributed by atoms with Gasteiger partial charge in [-0.15, -0.1) is 6.42 Å². The maximum atomic E-state index is 12.4. The summed E-state index contributed by atoms with van der Waals surface area (Å²) in [6.45, 7) is 8.36. The predicted octanol–water partition coefficient (Wildman–Crippen LogP) is 4.65. The highest BCUT2D eigenvalue weighted by atomic mass is 32.2. The van der Waals surface area contributed by atoms with E-state index in [0.29, 0.717) is 41.8 Å². The first-order chi connectivity index (χ1) is 16.8. The van der Waals surface area contributed by atoms with Crippen LogP contribution in [0.25, 0.3) is 22.2 Å². The number of hydrogen-bond acceptors (Lipinski definition) is 7. The molecule has 9 heteroatoms. The van der Waals surface area contributed by atoms with Crippen LogP contribution in [0.15, 0.2) is 49.1 Å². The average Bonchev–Trinajstić information content (AvgIpc) is 3.60. The molecular weight excluding hydrogens is 460 g/mol. The molecule has 1 aliphatic rings. The van der Waals surface area contributed by atoms with Crippen molar-refractivity contribution in [3.05, 3.63) is 67.1 Å². The Hall–Kier alpha value is -3.77. The minimum atomic E-state index is -3.45. The summed E-state index contributed by atoms with van der Waals surface area (Å²) in [5, 5.41) is 8.95. The Bertz CT molecular complexity index is 1560. The van der Waals surface area contributed by atoms with Crippen LogP contribution in [0.2, 0.25) is 0 Å². The van der Waals surface area contributed by atoms with Gasteiger partial charge in [0.15, 0.2) is 5.82 Å². The third-order valence-corrected chi connectivity index (χ3v) is 8.14. The van der Waals surface area contributed by atoms with E-state index in [4.69, 9.17) is 6.42 Å². The molecule has 0 spiro atoms. The summed E-state index contributed by atoms with van der Waals surface area (Å²) in [6, 6.07) is 7.84. The molecule has 5 rings (SSSR count). The van der Waals surface area contributed by atoms with Crippen LogP contribution in [-0.4, -0.2) is 37.8 Å². The molecule has 1 unspecified atom stereocenters. The summed E-state index contributed by atoms with van der Waals surface area (Å²) < 4.78 is 25.9. The first-order valence-corrected chi connectivity index (χ1v) is 12.9. The summed E-state index contributed by atoms with van der Waals surface area (Å²) in [5.74, 6) is 4.26. The van der Waals surface area contributed by atoms with Gasteiger partial charge in [0.25, 0.3) is 10.0 Å². The van der Waals surface area contributed by atoms with E-state index in [1.165, 1.54) is 18.0 Å². The van der Waals surface area contributed by atoms with Gasteiger partial charge >= 0.3 is 0 Å². The van der Waals surface area contributed by atoms with E-state index in [1.54, 1.807) is 12.3 Å². The summed E-state index contributed by atoms with van der Waals surface area (Å²) >= 11 is 0. The third kappa shape index (κ3) is 4.37. The van der Waals surface area contributed by atoms with E-state index >= 15 is 0 Å². The molecule has 1 atom stereocenters. The van der Waals surface area contributed by atoms with Crippen molar-refractivity contribution < 1.29 is 8.42 Å². The highest BCUT2D eigenvalue weighted by Gasteiger charge is 2.37. The van der Waals surface area contributed by atoms with Crippen LogP contribution in [-0.2, 0) is 10.0 Å². The predicted molar refractivity (Wildman–Crippen MR) is 137 cm³/mol. The zero-order chi connectivity index (χ0) is 24.7. The van der Waals surface area contributed by atoms with Gasteiger partial charge in [-0.2, -0.15) is 9.19 Å². The van der Waals surface area contributed by atoms with E-state index in [1.807, 2.05) is 18.3 Å². The smallest absolute Gasteiger partial charge is 0.256 e. The van der Waals surface area contributed by atoms with Crippen LogP contribution in [0.4, 0.5) is 11.6 Å². The van der Waals surface area contributed by atoms with E-state index < -0.39 is 10.0 Å². The Kier molecular flexibility index (Phi) is 5.77. The number of nitrogens with one attached hydrogen (secondary N) is 1. The lowest BCUT2D eigenvalue weighted by molar-refractivity contribution is 0.578. The number of hydrogen-bond donors (Lipinski definition) is 1. The quantitative estimate of drug-likeness (QED) is 0.380. The molecule has 1 saturated carbocycles. The van der Waals surface area contributed by atoms with E-state index in [0.717, 1.165) is 20.4 Å². The largest absolute Gasteiger partial charge is 0.325 e. The number of fused-ring (bicyclic) bond motifs is 1. The van der Waals surface area contributed by atoms with E-state index in [9.17, 15) is 8.42 Å². The Labute approximate surface area is 204 Å². The molecule has 35 heavy (non-hydrogen) atoms. The van der Waals surface area contributed by atoms with Gasteiger partial charge in [-0.05, 0) is 54.3 Å². The molecule has 0 aliphatic heterocycles. The fourth-order valence-corrected chi connectivity index (χ4v) is 5.50. The lowest BCUT2D eigenvalue weighted by Gasteiger charge is -2.16. The second-order valence-electron chi connectivity index (χ2n) is 8.97. The average molecular weight is 486 g/mol.